The van der Waals surface area contributed by atoms with E-state index in [0.29, 0.717) is 28.6 Å². The lowest BCUT2D eigenvalue weighted by molar-refractivity contribution is -0.145. The molecule has 6 nitrogen and oxygen atoms in total. The highest BCUT2D eigenvalue weighted by Crippen LogP contribution is 2.53. The van der Waals surface area contributed by atoms with Crippen molar-refractivity contribution in [1.82, 2.24) is 5.32 Å². The summed E-state index contributed by atoms with van der Waals surface area (Å²) in [6.45, 7) is 4.16. The SMILES string of the molecule is COC(=O)[C@@H](NCC1(O)C2CC[C@H]1CC(Sc1cc(C(=O)Nc3cc(F)c(F)c(F)c3)ccc1Cl)C2)C(C)C. The standard InChI is InChI=1S/C28H32ClF3N2O4S/c1-14(2)25(27(36)38-3)33-13-28(37)16-5-6-17(28)10-19(9-16)39-23-8-15(4-7-20(23)29)26(35)34-18-11-21(30)24(32)22(31)12-18/h4,7-8,11-12,14,16-17,19,25,33,37H,5-6,9-10,13H2,1-3H3,(H,34,35)/t16-,17?,19?,25-,28?/m0/s1. The van der Waals surface area contributed by atoms with Crippen LogP contribution in [0.25, 0.3) is 0 Å². The van der Waals surface area contributed by atoms with Crippen LogP contribution in [0.15, 0.2) is 35.2 Å². The number of carbonyl (C=O) groups is 2. The minimum Gasteiger partial charge on any atom is -0.468 e. The summed E-state index contributed by atoms with van der Waals surface area (Å²) in [7, 11) is 1.35. The molecule has 0 heterocycles. The van der Waals surface area contributed by atoms with Gasteiger partial charge in [-0.2, -0.15) is 0 Å². The maximum Gasteiger partial charge on any atom is 0.323 e. The average Bonchev–Trinajstić information content (AvgIpc) is 3.03. The summed E-state index contributed by atoms with van der Waals surface area (Å²) in [5.41, 5.74) is -0.901. The topological polar surface area (TPSA) is 87.7 Å². The lowest BCUT2D eigenvalue weighted by atomic mass is 9.74. The van der Waals surface area contributed by atoms with Crippen LogP contribution in [0.2, 0.25) is 5.02 Å². The lowest BCUT2D eigenvalue weighted by Gasteiger charge is -2.43. The highest BCUT2D eigenvalue weighted by molar-refractivity contribution is 8.00. The van der Waals surface area contributed by atoms with Gasteiger partial charge in [-0.3, -0.25) is 9.59 Å². The van der Waals surface area contributed by atoms with Crippen molar-refractivity contribution < 1.29 is 32.6 Å². The number of nitrogens with one attached hydrogen (secondary N) is 2. The van der Waals surface area contributed by atoms with Gasteiger partial charge in [0.05, 0.1) is 17.7 Å². The maximum atomic E-state index is 13.5. The van der Waals surface area contributed by atoms with Gasteiger partial charge in [-0.05, 0) is 61.6 Å². The van der Waals surface area contributed by atoms with Crippen molar-refractivity contribution >= 4 is 40.9 Å². The Morgan fingerprint density at radius 2 is 1.74 bits per heavy atom. The molecule has 0 aliphatic heterocycles. The van der Waals surface area contributed by atoms with E-state index in [0.717, 1.165) is 25.7 Å². The van der Waals surface area contributed by atoms with Gasteiger partial charge < -0.3 is 20.5 Å². The molecule has 0 radical (unpaired) electrons. The minimum absolute atomic E-state index is 0.0123. The maximum absolute atomic E-state index is 13.5. The monoisotopic (exact) mass is 584 g/mol. The van der Waals surface area contributed by atoms with Crippen LogP contribution in [0.3, 0.4) is 0 Å². The van der Waals surface area contributed by atoms with Crippen molar-refractivity contribution in [3.63, 3.8) is 0 Å². The van der Waals surface area contributed by atoms with E-state index >= 15 is 0 Å². The molecule has 4 rings (SSSR count). The molecule has 212 valence electrons. The molecule has 2 aromatic carbocycles. The van der Waals surface area contributed by atoms with Gasteiger partial charge in [0.15, 0.2) is 17.5 Å². The molecule has 3 unspecified atom stereocenters. The molecule has 0 aromatic heterocycles. The number of aliphatic hydroxyl groups is 1. The number of benzene rings is 2. The van der Waals surface area contributed by atoms with Gasteiger partial charge >= 0.3 is 5.97 Å². The number of hydrogen-bond donors (Lipinski definition) is 3. The Morgan fingerprint density at radius 1 is 1.13 bits per heavy atom. The van der Waals surface area contributed by atoms with Crippen molar-refractivity contribution in [1.29, 1.82) is 0 Å². The largest absolute Gasteiger partial charge is 0.468 e. The van der Waals surface area contributed by atoms with Crippen molar-refractivity contribution in [2.75, 3.05) is 19.0 Å². The second-order valence-electron chi connectivity index (χ2n) is 10.7. The lowest BCUT2D eigenvalue weighted by Crippen LogP contribution is -2.56. The fourth-order valence-electron chi connectivity index (χ4n) is 5.73. The summed E-state index contributed by atoms with van der Waals surface area (Å²) in [5, 5.41) is 17.9. The predicted molar refractivity (Wildman–Crippen MR) is 144 cm³/mol. The van der Waals surface area contributed by atoms with Gasteiger partial charge in [-0.1, -0.05) is 25.4 Å². The highest BCUT2D eigenvalue weighted by atomic mass is 35.5. The van der Waals surface area contributed by atoms with Gasteiger partial charge in [0.1, 0.15) is 6.04 Å². The van der Waals surface area contributed by atoms with E-state index in [1.807, 2.05) is 13.8 Å². The van der Waals surface area contributed by atoms with Gasteiger partial charge in [0, 0.05) is 40.1 Å². The third-order valence-electron chi connectivity index (χ3n) is 7.83. The quantitative estimate of drug-likeness (QED) is 0.255. The van der Waals surface area contributed by atoms with Crippen molar-refractivity contribution in [2.45, 2.75) is 61.3 Å². The molecule has 1 amide bonds. The highest BCUT2D eigenvalue weighted by Gasteiger charge is 2.53. The van der Waals surface area contributed by atoms with E-state index in [2.05, 4.69) is 10.6 Å². The Bertz CT molecular complexity index is 1210. The van der Waals surface area contributed by atoms with Crippen molar-refractivity contribution in [3.8, 4) is 0 Å². The molecular formula is C28H32ClF3N2O4S. The first-order chi connectivity index (χ1) is 18.4. The molecule has 5 atom stereocenters. The third kappa shape index (κ3) is 6.39. The molecule has 2 fully saturated rings. The van der Waals surface area contributed by atoms with Crippen LogP contribution in [0.5, 0.6) is 0 Å². The van der Waals surface area contributed by atoms with Gasteiger partial charge in [0.25, 0.3) is 5.91 Å². The van der Waals surface area contributed by atoms with E-state index < -0.39 is 35.0 Å². The summed E-state index contributed by atoms with van der Waals surface area (Å²) in [5.74, 6) is -5.27. The molecule has 0 saturated heterocycles. The number of anilines is 1. The summed E-state index contributed by atoms with van der Waals surface area (Å²) < 4.78 is 45.2. The van der Waals surface area contributed by atoms with Crippen LogP contribution in [-0.2, 0) is 9.53 Å². The number of methoxy groups -OCH3 is 1. The number of carbonyl (C=O) groups excluding carboxylic acids is 2. The molecule has 2 saturated carbocycles. The van der Waals surface area contributed by atoms with E-state index in [1.165, 1.54) is 24.9 Å². The Morgan fingerprint density at radius 3 is 2.31 bits per heavy atom. The number of thioether (sulfide) groups is 1. The Labute approximate surface area is 235 Å². The van der Waals surface area contributed by atoms with E-state index in [1.54, 1.807) is 12.1 Å². The van der Waals surface area contributed by atoms with Crippen LogP contribution in [0, 0.1) is 35.2 Å². The number of ether oxygens (including phenoxy) is 1. The number of hydrogen-bond acceptors (Lipinski definition) is 6. The predicted octanol–water partition coefficient (Wildman–Crippen LogP) is 5.81. The minimum atomic E-state index is -1.61. The number of esters is 1. The van der Waals surface area contributed by atoms with E-state index in [4.69, 9.17) is 16.3 Å². The van der Waals surface area contributed by atoms with Crippen LogP contribution < -0.4 is 10.6 Å². The smallest absolute Gasteiger partial charge is 0.323 e. The number of rotatable bonds is 9. The fourth-order valence-corrected chi connectivity index (χ4v) is 7.38. The first-order valence-electron chi connectivity index (χ1n) is 12.9. The van der Waals surface area contributed by atoms with E-state index in [-0.39, 0.29) is 40.2 Å². The molecule has 39 heavy (non-hydrogen) atoms. The Hall–Kier alpha value is -2.27. The molecule has 11 heteroatoms. The zero-order chi connectivity index (χ0) is 28.5. The number of halogens is 4. The van der Waals surface area contributed by atoms with Crippen LogP contribution >= 0.6 is 23.4 Å². The summed E-state index contributed by atoms with van der Waals surface area (Å²) in [6, 6.07) is 5.63. The first kappa shape index (κ1) is 29.7. The van der Waals surface area contributed by atoms with Crippen molar-refractivity contribution in [2.24, 2.45) is 17.8 Å². The molecule has 2 aromatic rings. The second-order valence-corrected chi connectivity index (χ2v) is 12.4. The molecule has 2 aliphatic rings. The molecule has 3 N–H and O–H groups in total. The Kier molecular flexibility index (Phi) is 9.20. The fraction of sp³-hybridized carbons (Fsp3) is 0.500. The van der Waals surface area contributed by atoms with Gasteiger partial charge in [0.2, 0.25) is 0 Å². The number of amides is 1. The number of fused-ring (bicyclic) bond motifs is 2. The summed E-state index contributed by atoms with van der Waals surface area (Å²) in [4.78, 5) is 25.6. The molecular weight excluding hydrogens is 553 g/mol. The normalized spacial score (nSPS) is 25.0. The van der Waals surface area contributed by atoms with Gasteiger partial charge in [-0.15, -0.1) is 11.8 Å². The van der Waals surface area contributed by atoms with Crippen LogP contribution in [0.1, 0.15) is 49.9 Å². The Balaban J connectivity index is 1.42. The molecule has 2 bridgehead atoms. The van der Waals surface area contributed by atoms with E-state index in [9.17, 15) is 27.9 Å². The second kappa shape index (κ2) is 12.1. The van der Waals surface area contributed by atoms with Crippen LogP contribution in [-0.4, -0.2) is 47.5 Å². The zero-order valence-corrected chi connectivity index (χ0v) is 23.5. The average molecular weight is 585 g/mol. The molecule has 0 spiro atoms. The molecule has 2 aliphatic carbocycles. The van der Waals surface area contributed by atoms with Gasteiger partial charge in [-0.25, -0.2) is 13.2 Å². The third-order valence-corrected chi connectivity index (χ3v) is 9.58. The first-order valence-corrected chi connectivity index (χ1v) is 14.1. The summed E-state index contributed by atoms with van der Waals surface area (Å²) >= 11 is 7.98. The zero-order valence-electron chi connectivity index (χ0n) is 21.9. The van der Waals surface area contributed by atoms with Crippen molar-refractivity contribution in [3.05, 3.63) is 58.4 Å². The summed E-state index contributed by atoms with van der Waals surface area (Å²) in [6.07, 6.45) is 3.24. The van der Waals surface area contributed by atoms with Crippen LogP contribution in [0.4, 0.5) is 18.9 Å².